The molecule has 0 amide bonds. The Morgan fingerprint density at radius 1 is 0.267 bits per heavy atom. The summed E-state index contributed by atoms with van der Waals surface area (Å²) >= 11 is 0. The van der Waals surface area contributed by atoms with Crippen molar-refractivity contribution in [3.8, 4) is 0 Å². The van der Waals surface area contributed by atoms with Gasteiger partial charge in [-0.15, -0.1) is 0 Å². The number of hydrogen-bond donors (Lipinski definition) is 4. The molecule has 0 aliphatic heterocycles. The first-order valence-corrected chi connectivity index (χ1v) is 42.0. The zero-order valence-corrected chi connectivity index (χ0v) is 66.1. The van der Waals surface area contributed by atoms with Crippen LogP contribution < -0.4 is 0 Å². The van der Waals surface area contributed by atoms with Gasteiger partial charge < -0.3 is 34.2 Å². The van der Waals surface area contributed by atoms with E-state index < -0.39 is 91.5 Å². The minimum Gasteiger partial charge on any atom is -0.463 e. The van der Waals surface area contributed by atoms with E-state index in [1.165, 1.54) is 44.9 Å². The van der Waals surface area contributed by atoms with Gasteiger partial charge in [-0.25, -0.2) is 9.13 Å². The second-order valence-electron chi connectivity index (χ2n) is 25.0. The number of allylic oxidation sites excluding steroid dienone is 36. The lowest BCUT2D eigenvalue weighted by molar-refractivity contribution is -0.161. The van der Waals surface area contributed by atoms with Crippen LogP contribution in [-0.2, 0) is 55.8 Å². The van der Waals surface area contributed by atoms with Crippen molar-refractivity contribution in [2.75, 3.05) is 39.6 Å². The summed E-state index contributed by atoms with van der Waals surface area (Å²) in [5.74, 6) is -1.79. The number of rotatable bonds is 71. The molecule has 0 saturated heterocycles. The number of aliphatic hydroxyl groups is 2. The molecule has 5 unspecified atom stereocenters. The van der Waals surface area contributed by atoms with Crippen LogP contribution in [0.15, 0.2) is 219 Å². The fraction of sp³-hybridized carbons (Fsp3) is 0.552. The van der Waals surface area contributed by atoms with Gasteiger partial charge in [0.15, 0.2) is 6.10 Å². The quantitative estimate of drug-likeness (QED) is 0.0146. The van der Waals surface area contributed by atoms with Gasteiger partial charge in [0, 0.05) is 19.3 Å². The summed E-state index contributed by atoms with van der Waals surface area (Å²) < 4.78 is 60.9. The first-order chi connectivity index (χ1) is 51.2. The molecule has 0 rings (SSSR count). The maximum Gasteiger partial charge on any atom is 0.472 e. The zero-order chi connectivity index (χ0) is 76.6. The molecule has 0 heterocycles. The van der Waals surface area contributed by atoms with Gasteiger partial charge in [0.2, 0.25) is 0 Å². The Morgan fingerprint density at radius 2 is 0.495 bits per heavy atom. The Balaban J connectivity index is 4.68. The predicted molar refractivity (Wildman–Crippen MR) is 435 cm³/mol. The molecule has 590 valence electrons. The Kier molecular flexibility index (Phi) is 73.0. The number of carbonyl (C=O) groups excluding carboxylic acids is 3. The lowest BCUT2D eigenvalue weighted by Crippen LogP contribution is -2.29. The Morgan fingerprint density at radius 3 is 0.810 bits per heavy atom. The van der Waals surface area contributed by atoms with E-state index in [4.69, 9.17) is 32.3 Å². The molecule has 5 atom stereocenters. The van der Waals surface area contributed by atoms with E-state index in [1.54, 1.807) is 0 Å². The Bertz CT molecular complexity index is 2790. The third kappa shape index (κ3) is 78.8. The molecule has 105 heavy (non-hydrogen) atoms. The first kappa shape index (κ1) is 98.9. The molecule has 0 fully saturated rings. The highest BCUT2D eigenvalue weighted by Gasteiger charge is 2.29. The van der Waals surface area contributed by atoms with Crippen molar-refractivity contribution in [2.24, 2.45) is 0 Å². The highest BCUT2D eigenvalue weighted by molar-refractivity contribution is 7.47. The molecule has 0 aromatic rings. The van der Waals surface area contributed by atoms with Crippen molar-refractivity contribution in [2.45, 2.75) is 270 Å². The normalized spacial score (nSPS) is 15.2. The van der Waals surface area contributed by atoms with Crippen LogP contribution in [0.25, 0.3) is 0 Å². The number of carbonyl (C=O) groups is 3. The van der Waals surface area contributed by atoms with E-state index in [0.717, 1.165) is 135 Å². The molecule has 4 N–H and O–H groups in total. The summed E-state index contributed by atoms with van der Waals surface area (Å²) in [4.78, 5) is 58.6. The third-order valence-electron chi connectivity index (χ3n) is 15.2. The van der Waals surface area contributed by atoms with Gasteiger partial charge in [-0.3, -0.25) is 32.5 Å². The summed E-state index contributed by atoms with van der Waals surface area (Å²) in [6, 6.07) is 0. The maximum absolute atomic E-state index is 12.9. The SMILES string of the molecule is CC/C=C\C/C=C\C/C=C\C/C=C\C/C=C\C/C=C\CCCCCCCCCCCCCCC(=O)OCC(O)COP(=O)(O)OCC(O)COP(=O)(O)OCC(COC(=O)CC/C=C\C/C=C\C/C=C\C/C=C\C/C=C\C/C=C\CC)OC(=O)CC/C=C\C/C=C\C/C=C\C/C=C\C/C=C\C/C=C\CC. The van der Waals surface area contributed by atoms with E-state index in [0.29, 0.717) is 32.1 Å². The molecular weight excluding hydrogens is 1360 g/mol. The minimum absolute atomic E-state index is 0.0200. The second-order valence-corrected chi connectivity index (χ2v) is 27.9. The van der Waals surface area contributed by atoms with Crippen LogP contribution in [0.1, 0.15) is 252 Å². The lowest BCUT2D eigenvalue weighted by atomic mass is 10.0. The van der Waals surface area contributed by atoms with Gasteiger partial charge in [0.25, 0.3) is 0 Å². The summed E-state index contributed by atoms with van der Waals surface area (Å²) in [7, 11) is -9.86. The molecular formula is C87H136O16P2. The standard InChI is InChI=1S/C87H136O16P2/c1-4-7-10-13-16-19-22-25-28-31-34-35-36-37-38-39-40-41-42-43-44-45-48-50-52-55-58-61-64-67-70-73-85(90)97-76-82(88)77-99-104(93,94)100-78-83(89)79-101-105(95,96)102-81-84(103-87(92)75-72-69-66-63-60-57-54-51-47-33-30-27-24-21-18-15-12-9-6-3)80-98-86(91)74-71-68-65-62-59-56-53-49-46-32-29-26-23-20-17-14-11-8-5-2/h7-12,16-21,25-30,34-35,37-38,40-41,46-47,49,51,56-57,59-60,65-66,68-69,82-84,88-89H,4-6,13-15,22-24,31-33,36,39,42-45,48,50,52-55,58,61-64,67,70-81H2,1-3H3,(H,93,94)(H,95,96)/b10-7-,11-8-,12-9-,19-16-,20-17-,21-18-,28-25-,29-26-,30-27-,35-34-,38-37-,41-40-,49-46-,51-47-,59-56-,60-57-,68-65-,69-66-. The highest BCUT2D eigenvalue weighted by Crippen LogP contribution is 2.45. The van der Waals surface area contributed by atoms with Gasteiger partial charge >= 0.3 is 33.6 Å². The largest absolute Gasteiger partial charge is 0.472 e. The minimum atomic E-state index is -4.98. The van der Waals surface area contributed by atoms with Crippen molar-refractivity contribution < 1.29 is 75.8 Å². The fourth-order valence-electron chi connectivity index (χ4n) is 9.39. The van der Waals surface area contributed by atoms with Gasteiger partial charge in [0.1, 0.15) is 25.4 Å². The zero-order valence-electron chi connectivity index (χ0n) is 64.3. The van der Waals surface area contributed by atoms with Crippen molar-refractivity contribution in [1.82, 2.24) is 0 Å². The maximum atomic E-state index is 12.9. The lowest BCUT2D eigenvalue weighted by Gasteiger charge is -2.21. The Labute approximate surface area is 634 Å². The monoisotopic (exact) mass is 1500 g/mol. The molecule has 0 saturated carbocycles. The van der Waals surface area contributed by atoms with E-state index in [2.05, 4.69) is 203 Å². The van der Waals surface area contributed by atoms with E-state index in [9.17, 15) is 43.5 Å². The average molecular weight is 1500 g/mol. The number of hydrogen-bond acceptors (Lipinski definition) is 14. The van der Waals surface area contributed by atoms with Gasteiger partial charge in [-0.2, -0.15) is 0 Å². The van der Waals surface area contributed by atoms with Crippen molar-refractivity contribution >= 4 is 33.6 Å². The van der Waals surface area contributed by atoms with Crippen molar-refractivity contribution in [1.29, 1.82) is 0 Å². The number of aliphatic hydroxyl groups excluding tert-OH is 2. The third-order valence-corrected chi connectivity index (χ3v) is 17.1. The van der Waals surface area contributed by atoms with Crippen LogP contribution in [0.2, 0.25) is 0 Å². The predicted octanol–water partition coefficient (Wildman–Crippen LogP) is 23.1. The molecule has 0 aromatic heterocycles. The van der Waals surface area contributed by atoms with E-state index in [1.807, 2.05) is 36.5 Å². The van der Waals surface area contributed by atoms with Gasteiger partial charge in [-0.05, 0) is 148 Å². The van der Waals surface area contributed by atoms with E-state index in [-0.39, 0.29) is 19.3 Å². The topological polar surface area (TPSA) is 231 Å². The molecule has 0 spiro atoms. The highest BCUT2D eigenvalue weighted by atomic mass is 31.2. The molecule has 0 aromatic carbocycles. The molecule has 0 aliphatic carbocycles. The molecule has 16 nitrogen and oxygen atoms in total. The molecule has 0 radical (unpaired) electrons. The number of unbranched alkanes of at least 4 members (excludes halogenated alkanes) is 12. The molecule has 0 bridgehead atoms. The van der Waals surface area contributed by atoms with Crippen LogP contribution in [0, 0.1) is 0 Å². The number of phosphoric acid groups is 2. The summed E-state index contributed by atoms with van der Waals surface area (Å²) in [5.41, 5.74) is 0. The smallest absolute Gasteiger partial charge is 0.463 e. The summed E-state index contributed by atoms with van der Waals surface area (Å²) in [6.45, 7) is 2.11. The van der Waals surface area contributed by atoms with Gasteiger partial charge in [-0.1, -0.05) is 304 Å². The molecule has 0 aliphatic rings. The Hall–Kier alpha value is -6.13. The van der Waals surface area contributed by atoms with Crippen molar-refractivity contribution in [3.63, 3.8) is 0 Å². The van der Waals surface area contributed by atoms with Gasteiger partial charge in [0.05, 0.1) is 26.4 Å². The van der Waals surface area contributed by atoms with Crippen LogP contribution in [-0.4, -0.2) is 95.9 Å². The summed E-state index contributed by atoms with van der Waals surface area (Å²) in [5, 5.41) is 20.6. The van der Waals surface area contributed by atoms with Crippen LogP contribution in [0.5, 0.6) is 0 Å². The van der Waals surface area contributed by atoms with Crippen molar-refractivity contribution in [3.05, 3.63) is 219 Å². The summed E-state index contributed by atoms with van der Waals surface area (Å²) in [6.07, 6.45) is 105. The van der Waals surface area contributed by atoms with Crippen LogP contribution in [0.3, 0.4) is 0 Å². The number of phosphoric ester groups is 2. The average Bonchev–Trinajstić information content (AvgIpc) is 0.915. The molecule has 18 heteroatoms. The van der Waals surface area contributed by atoms with E-state index >= 15 is 0 Å². The number of esters is 3. The first-order valence-electron chi connectivity index (χ1n) is 39.0. The fourth-order valence-corrected chi connectivity index (χ4v) is 11.0. The second kappa shape index (κ2) is 77.5. The van der Waals surface area contributed by atoms with Crippen LogP contribution >= 0.6 is 15.6 Å². The number of ether oxygens (including phenoxy) is 3. The van der Waals surface area contributed by atoms with Crippen LogP contribution in [0.4, 0.5) is 0 Å².